The Balaban J connectivity index is 0.000000107. The van der Waals surface area contributed by atoms with Gasteiger partial charge in [0.25, 0.3) is 0 Å². The Morgan fingerprint density at radius 2 is 0.283 bits per heavy atom. The van der Waals surface area contributed by atoms with Crippen molar-refractivity contribution >= 4 is 53.9 Å². The summed E-state index contributed by atoms with van der Waals surface area (Å²) in [5.41, 5.74) is 44.3. The van der Waals surface area contributed by atoms with Gasteiger partial charge in [0.1, 0.15) is 0 Å². The highest BCUT2D eigenvalue weighted by atomic mass is 14.3. The van der Waals surface area contributed by atoms with Gasteiger partial charge in [0.2, 0.25) is 0 Å². The van der Waals surface area contributed by atoms with Crippen LogP contribution >= 0.6 is 0 Å². The molecule has 0 amide bonds. The number of fused-ring (bicyclic) bond motifs is 6. The van der Waals surface area contributed by atoms with Crippen molar-refractivity contribution in [2.75, 3.05) is 0 Å². The van der Waals surface area contributed by atoms with Gasteiger partial charge < -0.3 is 0 Å². The maximum atomic E-state index is 2.35. The molecule has 0 aliphatic heterocycles. The molecule has 0 aliphatic rings. The molecule has 0 radical (unpaired) electrons. The van der Waals surface area contributed by atoms with Crippen LogP contribution < -0.4 is 0 Å². The van der Waals surface area contributed by atoms with Crippen molar-refractivity contribution in [1.29, 1.82) is 0 Å². The highest BCUT2D eigenvalue weighted by Gasteiger charge is 2.22. The van der Waals surface area contributed by atoms with E-state index in [0.29, 0.717) is 0 Å². The van der Waals surface area contributed by atoms with Crippen molar-refractivity contribution in [3.8, 4) is 167 Å². The zero-order valence-electron chi connectivity index (χ0n) is 82.3. The molecule has 0 spiro atoms. The second kappa shape index (κ2) is 43.7. The lowest BCUT2D eigenvalue weighted by Gasteiger charge is -2.17. The highest BCUT2D eigenvalue weighted by molar-refractivity contribution is 6.16. The van der Waals surface area contributed by atoms with E-state index in [9.17, 15) is 0 Å². The molecule has 0 saturated carbocycles. The lowest BCUT2D eigenvalue weighted by molar-refractivity contribution is 1.47. The minimum Gasteiger partial charge on any atom is -0.0622 e. The summed E-state index contributed by atoms with van der Waals surface area (Å²) in [5, 5.41) is 12.8. The molecule has 0 aliphatic carbocycles. The molecule has 0 heterocycles. The van der Waals surface area contributed by atoms with E-state index in [4.69, 9.17) is 0 Å². The first-order valence-corrected chi connectivity index (χ1v) is 50.2. The zero-order valence-corrected chi connectivity index (χ0v) is 82.3. The maximum absolute atomic E-state index is 2.35. The molecule has 0 heteroatoms. The van der Waals surface area contributed by atoms with E-state index >= 15 is 0 Å². The van der Waals surface area contributed by atoms with Crippen molar-refractivity contribution in [2.24, 2.45) is 0 Å². The first-order valence-electron chi connectivity index (χ1n) is 50.2. The second-order valence-corrected chi connectivity index (χ2v) is 37.4. The third-order valence-electron chi connectivity index (χ3n) is 27.9. The van der Waals surface area contributed by atoms with Gasteiger partial charge in [0, 0.05) is 0 Å². The molecule has 0 atom stereocenters. The van der Waals surface area contributed by atoms with Crippen LogP contribution in [0.4, 0.5) is 0 Å². The van der Waals surface area contributed by atoms with Gasteiger partial charge in [-0.3, -0.25) is 0 Å². The molecule has 0 bridgehead atoms. The van der Waals surface area contributed by atoms with Crippen LogP contribution in [0.1, 0.15) is 27.8 Å². The summed E-state index contributed by atoms with van der Waals surface area (Å²) in [4.78, 5) is 0. The van der Waals surface area contributed by atoms with E-state index in [1.54, 1.807) is 0 Å². The Labute approximate surface area is 853 Å². The Bertz CT molecular complexity index is 8820. The van der Waals surface area contributed by atoms with E-state index in [1.165, 1.54) is 249 Å². The van der Waals surface area contributed by atoms with Crippen LogP contribution in [0.2, 0.25) is 0 Å². The van der Waals surface area contributed by atoms with Gasteiger partial charge in [0.15, 0.2) is 0 Å². The van der Waals surface area contributed by atoms with Crippen LogP contribution in [-0.4, -0.2) is 0 Å². The monoisotopic (exact) mass is 1850 g/mol. The minimum absolute atomic E-state index is 1.24. The Hall–Kier alpha value is -18.2. The molecule has 0 fully saturated rings. The molecular formula is C145H110. The van der Waals surface area contributed by atoms with E-state index in [0.717, 1.165) is 0 Å². The SMILES string of the molecule is Cc1ccc(-c2c(-c3ccccc3-c3ccccc3)ccc3ccccc23)cc1.Cc1ccc(-c2ccccc2-c2ccc3ccccc3c2-c2ccccc2)cc1.Cc1ccc(-c2ccccc2-c2ccccc2-c2cc3ccccc3c3ccccc23)cc1.Cc1ccc(-c2ccccc2-c2ccccc2-c2cccc3ccccc23)cc1.Cc1ccc(-c2ccccc2-c2ccccc2-c2ccccc2)cc1. The van der Waals surface area contributed by atoms with Crippen LogP contribution in [-0.2, 0) is 0 Å². The molecule has 145 heavy (non-hydrogen) atoms. The number of aryl methyl sites for hydroxylation is 5. The molecule has 690 valence electrons. The topological polar surface area (TPSA) is 0 Å². The Morgan fingerprint density at radius 1 is 0.0897 bits per heavy atom. The smallest absolute Gasteiger partial charge is 0.00266 e. The van der Waals surface area contributed by atoms with Crippen molar-refractivity contribution in [3.63, 3.8) is 0 Å². The summed E-state index contributed by atoms with van der Waals surface area (Å²) >= 11 is 0. The highest BCUT2D eigenvalue weighted by Crippen LogP contribution is 2.49. The second-order valence-electron chi connectivity index (χ2n) is 37.4. The maximum Gasteiger partial charge on any atom is -0.00266 e. The van der Waals surface area contributed by atoms with E-state index in [1.807, 2.05) is 0 Å². The van der Waals surface area contributed by atoms with Gasteiger partial charge >= 0.3 is 0 Å². The zero-order chi connectivity index (χ0) is 98.2. The summed E-state index contributed by atoms with van der Waals surface area (Å²) in [5.74, 6) is 0. The first kappa shape index (κ1) is 93.1. The lowest BCUT2D eigenvalue weighted by atomic mass is 9.86. The predicted octanol–water partition coefficient (Wildman–Crippen LogP) is 40.7. The number of benzene rings is 25. The van der Waals surface area contributed by atoms with Gasteiger partial charge in [-0.1, -0.05) is 598 Å². The third-order valence-corrected chi connectivity index (χ3v) is 27.9. The van der Waals surface area contributed by atoms with Crippen LogP contribution in [0.15, 0.2) is 576 Å². The number of hydrogen-bond acceptors (Lipinski definition) is 0. The molecule has 25 rings (SSSR count). The van der Waals surface area contributed by atoms with Crippen LogP contribution in [0.3, 0.4) is 0 Å². The summed E-state index contributed by atoms with van der Waals surface area (Å²) in [7, 11) is 0. The standard InChI is InChI=1S/C33H24.3C29H22.C25H20/c1-23-18-20-24(21-19-23)26-11-4-5-13-28(26)30-15-7-9-17-32(30)33-22-25-10-2-3-12-27(25)29-14-6-8-16-31(29)33;1-21-17-19-23(20-18-21)25-12-4-5-13-26(25)28-14-6-7-15-29(28)27-16-8-10-22-9-2-3-11-24(22)27;1-21-15-17-23(18-16-21)25-12-7-8-14-27(25)28-20-19-22-9-5-6-13-26(22)29(28)24-10-3-2-4-11-24;1-21-15-17-24(18-16-21)29-26-13-6-5-11-23(26)19-20-28(29)27-14-8-7-12-25(27)22-9-3-2-4-10-22;1-19-15-17-21(18-16-19)23-12-6-8-14-25(23)24-13-7-5-11-22(24)20-9-3-2-4-10-20/h2-22H,1H3;3*2-20H,1H3;2-18H,1H3. The van der Waals surface area contributed by atoms with Crippen molar-refractivity contribution < 1.29 is 0 Å². The van der Waals surface area contributed by atoms with Crippen molar-refractivity contribution in [3.05, 3.63) is 604 Å². The fraction of sp³-hybridized carbons (Fsp3) is 0.0345. The summed E-state index contributed by atoms with van der Waals surface area (Å²) < 4.78 is 0. The van der Waals surface area contributed by atoms with E-state index in [2.05, 4.69) is 611 Å². The minimum atomic E-state index is 1.24. The molecule has 25 aromatic rings. The summed E-state index contributed by atoms with van der Waals surface area (Å²) in [6.07, 6.45) is 0. The van der Waals surface area contributed by atoms with Crippen LogP contribution in [0.25, 0.3) is 221 Å². The number of hydrogen-bond donors (Lipinski definition) is 0. The van der Waals surface area contributed by atoms with Gasteiger partial charge in [-0.15, -0.1) is 0 Å². The molecule has 0 saturated heterocycles. The third kappa shape index (κ3) is 20.5. The van der Waals surface area contributed by atoms with E-state index < -0.39 is 0 Å². The predicted molar refractivity (Wildman–Crippen MR) is 625 cm³/mol. The molecule has 25 aromatic carbocycles. The van der Waals surface area contributed by atoms with Gasteiger partial charge in [-0.25, -0.2) is 0 Å². The normalized spacial score (nSPS) is 10.9. The molecule has 0 nitrogen and oxygen atoms in total. The molecule has 0 N–H and O–H groups in total. The summed E-state index contributed by atoms with van der Waals surface area (Å²) in [6, 6.07) is 207. The van der Waals surface area contributed by atoms with Crippen molar-refractivity contribution in [1.82, 2.24) is 0 Å². The van der Waals surface area contributed by atoms with Gasteiger partial charge in [-0.2, -0.15) is 0 Å². The lowest BCUT2D eigenvalue weighted by Crippen LogP contribution is -1.91. The molecular weight excluding hydrogens is 1740 g/mol. The molecule has 0 aromatic heterocycles. The average molecular weight is 1850 g/mol. The largest absolute Gasteiger partial charge is 0.0622 e. The van der Waals surface area contributed by atoms with Gasteiger partial charge in [0.05, 0.1) is 0 Å². The van der Waals surface area contributed by atoms with Crippen molar-refractivity contribution in [2.45, 2.75) is 34.6 Å². The fourth-order valence-corrected chi connectivity index (χ4v) is 20.6. The average Bonchev–Trinajstić information content (AvgIpc) is 0.758. The Morgan fingerprint density at radius 3 is 0.614 bits per heavy atom. The summed E-state index contributed by atoms with van der Waals surface area (Å²) in [6.45, 7) is 10.7. The van der Waals surface area contributed by atoms with Crippen LogP contribution in [0, 0.1) is 34.6 Å². The number of rotatable bonds is 15. The first-order chi connectivity index (χ1) is 71.5. The van der Waals surface area contributed by atoms with E-state index in [-0.39, 0.29) is 0 Å². The Kier molecular flexibility index (Phi) is 28.0. The fourth-order valence-electron chi connectivity index (χ4n) is 20.6. The van der Waals surface area contributed by atoms with Crippen LogP contribution in [0.5, 0.6) is 0 Å². The quantitative estimate of drug-likeness (QED) is 0.0898. The molecule has 0 unspecified atom stereocenters. The van der Waals surface area contributed by atoms with Gasteiger partial charge in [-0.05, 0) is 261 Å².